The smallest absolute Gasteiger partial charge is 0.239 e. The molecule has 1 aromatic heterocycles. The van der Waals surface area contributed by atoms with E-state index >= 15 is 0 Å². The molecule has 2 aliphatic heterocycles. The number of ether oxygens (including phenoxy) is 1. The minimum atomic E-state index is -0.412. The van der Waals surface area contributed by atoms with Crippen LogP contribution in [-0.2, 0) is 14.3 Å². The highest BCUT2D eigenvalue weighted by molar-refractivity contribution is 5.91. The Kier molecular flexibility index (Phi) is 6.46. The molecular formula is C18H29N5O4. The topological polar surface area (TPSA) is 99.9 Å². The largest absolute Gasteiger partial charge is 0.384 e. The molecule has 0 saturated carbocycles. The Morgan fingerprint density at radius 1 is 1.30 bits per heavy atom. The van der Waals surface area contributed by atoms with Crippen LogP contribution >= 0.6 is 0 Å². The van der Waals surface area contributed by atoms with Gasteiger partial charge in [-0.2, -0.15) is 0 Å². The van der Waals surface area contributed by atoms with Gasteiger partial charge in [0.05, 0.1) is 18.6 Å². The van der Waals surface area contributed by atoms with Crippen molar-refractivity contribution in [2.45, 2.75) is 19.8 Å². The van der Waals surface area contributed by atoms with Gasteiger partial charge in [0.15, 0.2) is 5.82 Å². The van der Waals surface area contributed by atoms with E-state index in [4.69, 9.17) is 9.26 Å². The lowest BCUT2D eigenvalue weighted by Crippen LogP contribution is -2.57. The van der Waals surface area contributed by atoms with Crippen LogP contribution in [0.25, 0.3) is 0 Å². The maximum atomic E-state index is 13.1. The summed E-state index contributed by atoms with van der Waals surface area (Å²) in [4.78, 5) is 29.3. The number of hydrogen-bond acceptors (Lipinski definition) is 7. The van der Waals surface area contributed by atoms with Gasteiger partial charge in [-0.3, -0.25) is 14.5 Å². The number of piperazine rings is 1. The third kappa shape index (κ3) is 4.85. The molecule has 0 atom stereocenters. The van der Waals surface area contributed by atoms with Crippen LogP contribution in [0.1, 0.15) is 18.6 Å². The summed E-state index contributed by atoms with van der Waals surface area (Å²) in [7, 11) is 1.66. The van der Waals surface area contributed by atoms with Crippen LogP contribution in [0.3, 0.4) is 0 Å². The predicted molar refractivity (Wildman–Crippen MR) is 99.3 cm³/mol. The maximum absolute atomic E-state index is 13.1. The van der Waals surface area contributed by atoms with E-state index in [0.29, 0.717) is 44.4 Å². The molecule has 0 radical (unpaired) electrons. The number of carbonyl (C=O) groups is 2. The highest BCUT2D eigenvalue weighted by Crippen LogP contribution is 2.32. The SMILES string of the molecule is COCC1(C(=O)N2CCN(CC(=O)Nc3cc(C)on3)CC2)CCNCC1. The van der Waals surface area contributed by atoms with Crippen molar-refractivity contribution < 1.29 is 18.8 Å². The molecule has 9 nitrogen and oxygen atoms in total. The fraction of sp³-hybridized carbons (Fsp3) is 0.722. The van der Waals surface area contributed by atoms with E-state index in [1.807, 2.05) is 4.90 Å². The van der Waals surface area contributed by atoms with E-state index in [1.165, 1.54) is 0 Å². The van der Waals surface area contributed by atoms with Gasteiger partial charge in [0.1, 0.15) is 5.76 Å². The van der Waals surface area contributed by atoms with E-state index in [0.717, 1.165) is 25.9 Å². The van der Waals surface area contributed by atoms with Gasteiger partial charge in [0.2, 0.25) is 11.8 Å². The molecule has 2 amide bonds. The fourth-order valence-electron chi connectivity index (χ4n) is 3.86. The van der Waals surface area contributed by atoms with Crippen molar-refractivity contribution in [2.75, 3.05) is 64.8 Å². The summed E-state index contributed by atoms with van der Waals surface area (Å²) in [5.74, 6) is 1.14. The molecule has 0 aliphatic carbocycles. The number of hydrogen-bond donors (Lipinski definition) is 2. The van der Waals surface area contributed by atoms with E-state index < -0.39 is 5.41 Å². The van der Waals surface area contributed by atoms with Gasteiger partial charge in [-0.25, -0.2) is 0 Å². The molecule has 1 aromatic rings. The molecule has 3 rings (SSSR count). The summed E-state index contributed by atoms with van der Waals surface area (Å²) in [6.45, 7) is 6.83. The second-order valence-electron chi connectivity index (χ2n) is 7.40. The van der Waals surface area contributed by atoms with Crippen molar-refractivity contribution in [1.29, 1.82) is 0 Å². The minimum absolute atomic E-state index is 0.128. The number of carbonyl (C=O) groups excluding carboxylic acids is 2. The molecule has 150 valence electrons. The van der Waals surface area contributed by atoms with Crippen molar-refractivity contribution in [2.24, 2.45) is 5.41 Å². The number of aryl methyl sites for hydroxylation is 1. The lowest BCUT2D eigenvalue weighted by Gasteiger charge is -2.42. The third-order valence-corrected chi connectivity index (χ3v) is 5.36. The van der Waals surface area contributed by atoms with Gasteiger partial charge in [0, 0.05) is 39.4 Å². The zero-order chi connectivity index (χ0) is 19.3. The number of piperidine rings is 1. The predicted octanol–water partition coefficient (Wildman–Crippen LogP) is 0.0819. The quantitative estimate of drug-likeness (QED) is 0.722. The molecule has 3 heterocycles. The van der Waals surface area contributed by atoms with Crippen molar-refractivity contribution >= 4 is 17.6 Å². The standard InChI is InChI=1S/C18H29N5O4/c1-14-11-15(21-27-14)20-16(24)12-22-7-9-23(10-8-22)17(25)18(13-26-2)3-5-19-6-4-18/h11,19H,3-10,12-13H2,1-2H3,(H,20,21,24). The highest BCUT2D eigenvalue weighted by atomic mass is 16.5. The molecule has 0 unspecified atom stereocenters. The molecule has 2 saturated heterocycles. The third-order valence-electron chi connectivity index (χ3n) is 5.36. The van der Waals surface area contributed by atoms with Gasteiger partial charge >= 0.3 is 0 Å². The molecule has 2 N–H and O–H groups in total. The summed E-state index contributed by atoms with van der Waals surface area (Å²) in [5.41, 5.74) is -0.412. The Labute approximate surface area is 159 Å². The molecule has 27 heavy (non-hydrogen) atoms. The second-order valence-corrected chi connectivity index (χ2v) is 7.40. The zero-order valence-electron chi connectivity index (χ0n) is 16.1. The van der Waals surface area contributed by atoms with Crippen LogP contribution in [0.4, 0.5) is 5.82 Å². The number of nitrogens with zero attached hydrogens (tertiary/aromatic N) is 3. The Hall–Kier alpha value is -1.97. The molecule has 0 spiro atoms. The van der Waals surface area contributed by atoms with E-state index in [1.54, 1.807) is 20.1 Å². The average Bonchev–Trinajstić information content (AvgIpc) is 3.07. The monoisotopic (exact) mass is 379 g/mol. The first-order valence-corrected chi connectivity index (χ1v) is 9.47. The number of anilines is 1. The lowest BCUT2D eigenvalue weighted by atomic mass is 9.78. The van der Waals surface area contributed by atoms with E-state index in [-0.39, 0.29) is 18.4 Å². The van der Waals surface area contributed by atoms with Crippen molar-refractivity contribution in [3.05, 3.63) is 11.8 Å². The lowest BCUT2D eigenvalue weighted by molar-refractivity contribution is -0.149. The normalized spacial score (nSPS) is 20.4. The average molecular weight is 379 g/mol. The summed E-state index contributed by atoms with van der Waals surface area (Å²) < 4.78 is 10.3. The van der Waals surface area contributed by atoms with E-state index in [2.05, 4.69) is 20.7 Å². The molecule has 9 heteroatoms. The zero-order valence-corrected chi connectivity index (χ0v) is 16.1. The highest BCUT2D eigenvalue weighted by Gasteiger charge is 2.42. The molecule has 2 aliphatic rings. The molecule has 2 fully saturated rings. The summed E-state index contributed by atoms with van der Waals surface area (Å²) >= 11 is 0. The Morgan fingerprint density at radius 3 is 2.59 bits per heavy atom. The number of rotatable bonds is 6. The van der Waals surface area contributed by atoms with Gasteiger partial charge in [-0.05, 0) is 32.9 Å². The van der Waals surface area contributed by atoms with Gasteiger partial charge in [0.25, 0.3) is 0 Å². The number of nitrogens with one attached hydrogen (secondary N) is 2. The number of aromatic nitrogens is 1. The van der Waals surface area contributed by atoms with Crippen LogP contribution in [0, 0.1) is 12.3 Å². The van der Waals surface area contributed by atoms with Gasteiger partial charge < -0.3 is 24.8 Å². The number of amides is 2. The molecule has 0 aromatic carbocycles. The second kappa shape index (κ2) is 8.81. The summed E-state index contributed by atoms with van der Waals surface area (Å²) in [5, 5.41) is 9.81. The van der Waals surface area contributed by atoms with Crippen molar-refractivity contribution in [3.63, 3.8) is 0 Å². The van der Waals surface area contributed by atoms with Crippen LogP contribution in [0.5, 0.6) is 0 Å². The van der Waals surface area contributed by atoms with Crippen LogP contribution < -0.4 is 10.6 Å². The number of methoxy groups -OCH3 is 1. The van der Waals surface area contributed by atoms with Gasteiger partial charge in [-0.1, -0.05) is 5.16 Å². The Balaban J connectivity index is 1.49. The first-order valence-electron chi connectivity index (χ1n) is 9.47. The van der Waals surface area contributed by atoms with E-state index in [9.17, 15) is 9.59 Å². The fourth-order valence-corrected chi connectivity index (χ4v) is 3.86. The summed E-state index contributed by atoms with van der Waals surface area (Å²) in [6, 6.07) is 1.68. The van der Waals surface area contributed by atoms with Gasteiger partial charge in [-0.15, -0.1) is 0 Å². The Bertz CT molecular complexity index is 642. The van der Waals surface area contributed by atoms with Crippen LogP contribution in [0.15, 0.2) is 10.6 Å². The van der Waals surface area contributed by atoms with Crippen molar-refractivity contribution in [1.82, 2.24) is 20.3 Å². The van der Waals surface area contributed by atoms with Crippen LogP contribution in [-0.4, -0.2) is 86.3 Å². The first kappa shape index (κ1) is 19.8. The van der Waals surface area contributed by atoms with Crippen molar-refractivity contribution in [3.8, 4) is 0 Å². The van der Waals surface area contributed by atoms with Crippen LogP contribution in [0.2, 0.25) is 0 Å². The first-order chi connectivity index (χ1) is 13.0. The molecular weight excluding hydrogens is 350 g/mol. The minimum Gasteiger partial charge on any atom is -0.384 e. The molecule has 0 bridgehead atoms. The summed E-state index contributed by atoms with van der Waals surface area (Å²) in [6.07, 6.45) is 1.61. The maximum Gasteiger partial charge on any atom is 0.239 e. The Morgan fingerprint density at radius 2 is 2.00 bits per heavy atom.